The van der Waals surface area contributed by atoms with Crippen LogP contribution in [0.2, 0.25) is 0 Å². The molecule has 4 heterocycles. The fourth-order valence-electron chi connectivity index (χ4n) is 3.54. The number of rotatable bonds is 2. The first-order valence-electron chi connectivity index (χ1n) is 8.19. The molecule has 0 unspecified atom stereocenters. The van der Waals surface area contributed by atoms with Crippen molar-refractivity contribution in [2.45, 2.75) is 12.8 Å². The van der Waals surface area contributed by atoms with E-state index in [1.165, 1.54) is 37.8 Å². The van der Waals surface area contributed by atoms with Gasteiger partial charge in [0.15, 0.2) is 0 Å². The van der Waals surface area contributed by atoms with Crippen molar-refractivity contribution in [1.82, 2.24) is 4.98 Å². The van der Waals surface area contributed by atoms with Crippen LogP contribution in [0.3, 0.4) is 0 Å². The van der Waals surface area contributed by atoms with Crippen LogP contribution < -0.4 is 5.73 Å². The first-order valence-corrected chi connectivity index (χ1v) is 10.8. The van der Waals surface area contributed by atoms with Crippen LogP contribution in [0.4, 0.5) is 5.69 Å². The maximum Gasteiger partial charge on any atom is 0.130 e. The number of aromatic nitrogens is 1. The Morgan fingerprint density at radius 1 is 1.15 bits per heavy atom. The predicted molar refractivity (Wildman–Crippen MR) is 113 cm³/mol. The third kappa shape index (κ3) is 2.32. The second-order valence-corrected chi connectivity index (χ2v) is 9.04. The lowest BCUT2D eigenvalue weighted by molar-refractivity contribution is 1.09. The monoisotopic (exact) mass is 391 g/mol. The van der Waals surface area contributed by atoms with E-state index in [9.17, 15) is 5.26 Å². The van der Waals surface area contributed by atoms with Crippen LogP contribution in [-0.2, 0) is 6.42 Å². The highest BCUT2D eigenvalue weighted by Gasteiger charge is 2.27. The molecular formula is C20H13N3S3. The van der Waals surface area contributed by atoms with Crippen molar-refractivity contribution >= 4 is 61.6 Å². The molecule has 0 aromatic carbocycles. The molecule has 0 radical (unpaired) electrons. The quantitative estimate of drug-likeness (QED) is 0.454. The molecule has 6 heteroatoms. The lowest BCUT2D eigenvalue weighted by atomic mass is 10.0. The summed E-state index contributed by atoms with van der Waals surface area (Å²) in [6.45, 7) is 0. The van der Waals surface area contributed by atoms with Crippen molar-refractivity contribution in [2.24, 2.45) is 0 Å². The summed E-state index contributed by atoms with van der Waals surface area (Å²) in [5.41, 5.74) is 11.7. The van der Waals surface area contributed by atoms with Crippen LogP contribution in [0.1, 0.15) is 27.4 Å². The number of hydrogen-bond acceptors (Lipinski definition) is 6. The average molecular weight is 392 g/mol. The minimum atomic E-state index is 0.553. The fraction of sp³-hybridized carbons (Fsp3) is 0.100. The highest BCUT2D eigenvalue weighted by atomic mass is 32.1. The van der Waals surface area contributed by atoms with Crippen LogP contribution in [0, 0.1) is 11.3 Å². The highest BCUT2D eigenvalue weighted by Crippen LogP contribution is 2.47. The molecule has 0 saturated heterocycles. The SMILES string of the molecule is N#Cc1sc2nc3c(c(-c4cccs4)c2c1N)CC/C3=C\c1cccs1. The molecule has 0 saturated carbocycles. The van der Waals surface area contributed by atoms with Gasteiger partial charge in [-0.1, -0.05) is 12.1 Å². The Labute approximate surface area is 162 Å². The van der Waals surface area contributed by atoms with Crippen molar-refractivity contribution in [2.75, 3.05) is 5.73 Å². The minimum Gasteiger partial charge on any atom is -0.396 e. The van der Waals surface area contributed by atoms with Crippen molar-refractivity contribution < 1.29 is 0 Å². The van der Waals surface area contributed by atoms with Crippen molar-refractivity contribution in [1.29, 1.82) is 5.26 Å². The van der Waals surface area contributed by atoms with Gasteiger partial charge in [-0.05, 0) is 52.9 Å². The van der Waals surface area contributed by atoms with Gasteiger partial charge in [-0.2, -0.15) is 5.26 Å². The zero-order valence-corrected chi connectivity index (χ0v) is 16.1. The van der Waals surface area contributed by atoms with Crippen molar-refractivity contribution in [3.63, 3.8) is 0 Å². The predicted octanol–water partition coefficient (Wildman–Crippen LogP) is 6.03. The number of nitrogens with zero attached hydrogens (tertiary/aromatic N) is 2. The molecule has 4 aromatic rings. The van der Waals surface area contributed by atoms with E-state index in [2.05, 4.69) is 47.2 Å². The molecule has 0 bridgehead atoms. The number of allylic oxidation sites excluding steroid dienone is 1. The van der Waals surface area contributed by atoms with E-state index in [1.807, 2.05) is 0 Å². The van der Waals surface area contributed by atoms with Gasteiger partial charge in [0.2, 0.25) is 0 Å². The van der Waals surface area contributed by atoms with E-state index in [4.69, 9.17) is 10.7 Å². The molecule has 26 heavy (non-hydrogen) atoms. The molecule has 2 N–H and O–H groups in total. The van der Waals surface area contributed by atoms with Crippen LogP contribution in [-0.4, -0.2) is 4.98 Å². The summed E-state index contributed by atoms with van der Waals surface area (Å²) >= 11 is 4.84. The summed E-state index contributed by atoms with van der Waals surface area (Å²) in [7, 11) is 0. The number of pyridine rings is 1. The molecule has 0 amide bonds. The summed E-state index contributed by atoms with van der Waals surface area (Å²) in [5.74, 6) is 0. The Balaban J connectivity index is 1.84. The zero-order valence-electron chi connectivity index (χ0n) is 13.7. The minimum absolute atomic E-state index is 0.553. The number of hydrogen-bond donors (Lipinski definition) is 1. The van der Waals surface area contributed by atoms with Crippen molar-refractivity contribution in [3.8, 4) is 16.5 Å². The maximum atomic E-state index is 9.42. The maximum absolute atomic E-state index is 9.42. The summed E-state index contributed by atoms with van der Waals surface area (Å²) in [6, 6.07) is 10.6. The smallest absolute Gasteiger partial charge is 0.130 e. The molecule has 3 nitrogen and oxygen atoms in total. The van der Waals surface area contributed by atoms with Gasteiger partial charge in [-0.15, -0.1) is 34.0 Å². The normalized spacial score (nSPS) is 14.8. The molecule has 126 valence electrons. The lowest BCUT2D eigenvalue weighted by Gasteiger charge is -2.09. The first-order chi connectivity index (χ1) is 12.8. The molecule has 4 aromatic heterocycles. The molecule has 0 aliphatic heterocycles. The first kappa shape index (κ1) is 15.8. The Bertz CT molecular complexity index is 1190. The third-order valence-corrected chi connectivity index (χ3v) is 7.37. The van der Waals surface area contributed by atoms with E-state index in [0.29, 0.717) is 10.6 Å². The topological polar surface area (TPSA) is 62.7 Å². The molecule has 0 spiro atoms. The second kappa shape index (κ2) is 6.06. The molecule has 5 rings (SSSR count). The number of thiophene rings is 3. The summed E-state index contributed by atoms with van der Waals surface area (Å²) in [6.07, 6.45) is 4.19. The standard InChI is InChI=1S/C20H13N3S3/c21-10-15-18(22)17-16(14-4-2-8-25-14)13-6-5-11(9-12-3-1-7-24-12)19(13)23-20(17)26-15/h1-4,7-9H,5-6,22H2/b11-9+. The Morgan fingerprint density at radius 3 is 2.73 bits per heavy atom. The van der Waals surface area contributed by atoms with Gasteiger partial charge >= 0.3 is 0 Å². The van der Waals surface area contributed by atoms with Crippen LogP contribution >= 0.6 is 34.0 Å². The molecule has 0 atom stereocenters. The summed E-state index contributed by atoms with van der Waals surface area (Å²) < 4.78 is 0. The molecule has 1 aliphatic rings. The van der Waals surface area contributed by atoms with E-state index in [-0.39, 0.29) is 0 Å². The summed E-state index contributed by atoms with van der Waals surface area (Å²) in [4.78, 5) is 8.80. The van der Waals surface area contributed by atoms with Crippen molar-refractivity contribution in [3.05, 3.63) is 56.0 Å². The van der Waals surface area contributed by atoms with Gasteiger partial charge in [0.1, 0.15) is 15.8 Å². The molecule has 0 fully saturated rings. The molecule has 1 aliphatic carbocycles. The Kier molecular flexibility index (Phi) is 3.68. The number of nitrogen functional groups attached to an aromatic ring is 1. The largest absolute Gasteiger partial charge is 0.396 e. The average Bonchev–Trinajstić information content (AvgIpc) is 3.42. The lowest BCUT2D eigenvalue weighted by Crippen LogP contribution is -1.94. The van der Waals surface area contributed by atoms with Gasteiger partial charge in [0, 0.05) is 20.7 Å². The van der Waals surface area contributed by atoms with E-state index < -0.39 is 0 Å². The third-order valence-electron chi connectivity index (χ3n) is 4.65. The van der Waals surface area contributed by atoms with E-state index >= 15 is 0 Å². The van der Waals surface area contributed by atoms with Gasteiger partial charge in [-0.25, -0.2) is 4.98 Å². The second-order valence-electron chi connectivity index (χ2n) is 6.11. The number of nitriles is 1. The van der Waals surface area contributed by atoms with E-state index in [1.54, 1.807) is 22.7 Å². The van der Waals surface area contributed by atoms with E-state index in [0.717, 1.165) is 28.8 Å². The Morgan fingerprint density at radius 2 is 2.00 bits per heavy atom. The van der Waals surface area contributed by atoms with Crippen LogP contribution in [0.25, 0.3) is 32.3 Å². The zero-order chi connectivity index (χ0) is 17.7. The van der Waals surface area contributed by atoms with Gasteiger partial charge in [0.25, 0.3) is 0 Å². The molecular weight excluding hydrogens is 378 g/mol. The van der Waals surface area contributed by atoms with Crippen LogP contribution in [0.5, 0.6) is 0 Å². The Hall–Kier alpha value is -2.46. The number of fused-ring (bicyclic) bond motifs is 2. The van der Waals surface area contributed by atoms with Gasteiger partial charge in [0.05, 0.1) is 11.4 Å². The van der Waals surface area contributed by atoms with Gasteiger partial charge < -0.3 is 5.73 Å². The highest BCUT2D eigenvalue weighted by molar-refractivity contribution is 7.20. The van der Waals surface area contributed by atoms with Gasteiger partial charge in [-0.3, -0.25) is 0 Å². The number of nitrogens with two attached hydrogens (primary N) is 1. The van der Waals surface area contributed by atoms with Crippen LogP contribution in [0.15, 0.2) is 35.0 Å². The fourth-order valence-corrected chi connectivity index (χ4v) is 5.93. The summed E-state index contributed by atoms with van der Waals surface area (Å²) in [5, 5.41) is 14.5. The number of anilines is 1.